The maximum Gasteiger partial charge on any atom is 0.0416 e. The van der Waals surface area contributed by atoms with Crippen molar-refractivity contribution in [1.29, 1.82) is 0 Å². The largest absolute Gasteiger partial charge is 0.378 e. The Hall–Kier alpha value is -2.06. The van der Waals surface area contributed by atoms with E-state index in [1.165, 1.54) is 22.4 Å². The molecule has 0 spiro atoms. The van der Waals surface area contributed by atoms with Gasteiger partial charge in [-0.1, -0.05) is 56.4 Å². The summed E-state index contributed by atoms with van der Waals surface area (Å²) in [4.78, 5) is 2.11. The normalized spacial score (nSPS) is 17.5. The van der Waals surface area contributed by atoms with E-state index in [1.54, 1.807) is 0 Å². The lowest BCUT2D eigenvalue weighted by Crippen LogP contribution is -2.17. The predicted molar refractivity (Wildman–Crippen MR) is 97.9 cm³/mol. The highest BCUT2D eigenvalue weighted by atomic mass is 15.1. The summed E-state index contributed by atoms with van der Waals surface area (Å²) in [7, 11) is 4.10. The van der Waals surface area contributed by atoms with E-state index < -0.39 is 0 Å². The lowest BCUT2D eigenvalue weighted by molar-refractivity contribution is 0.649. The monoisotopic (exact) mass is 294 g/mol. The molecule has 1 aliphatic carbocycles. The van der Waals surface area contributed by atoms with E-state index in [-0.39, 0.29) is 11.5 Å². The Morgan fingerprint density at radius 1 is 1.14 bits per heavy atom. The molecule has 0 bridgehead atoms. The molecule has 2 nitrogen and oxygen atoms in total. The van der Waals surface area contributed by atoms with Crippen LogP contribution in [0.1, 0.15) is 19.4 Å². The van der Waals surface area contributed by atoms with Crippen LogP contribution in [0, 0.1) is 5.41 Å². The van der Waals surface area contributed by atoms with E-state index in [0.717, 1.165) is 0 Å². The third-order valence-corrected chi connectivity index (χ3v) is 4.11. The Morgan fingerprint density at radius 2 is 1.68 bits per heavy atom. The zero-order chi connectivity index (χ0) is 16.3. The maximum atomic E-state index is 5.91. The van der Waals surface area contributed by atoms with E-state index in [4.69, 9.17) is 5.73 Å². The van der Waals surface area contributed by atoms with Gasteiger partial charge in [-0.2, -0.15) is 0 Å². The molecule has 0 saturated heterocycles. The van der Waals surface area contributed by atoms with Crippen molar-refractivity contribution in [3.05, 3.63) is 72.4 Å². The lowest BCUT2D eigenvalue weighted by atomic mass is 9.77. The van der Waals surface area contributed by atoms with Crippen molar-refractivity contribution in [2.24, 2.45) is 11.1 Å². The molecule has 0 unspecified atom stereocenters. The molecule has 0 atom stereocenters. The van der Waals surface area contributed by atoms with Crippen LogP contribution < -0.4 is 10.6 Å². The molecule has 0 amide bonds. The third-order valence-electron chi connectivity index (χ3n) is 4.11. The Labute approximate surface area is 134 Å². The quantitative estimate of drug-likeness (QED) is 0.844. The van der Waals surface area contributed by atoms with Crippen LogP contribution in [0.5, 0.6) is 0 Å². The van der Waals surface area contributed by atoms with E-state index in [9.17, 15) is 0 Å². The third kappa shape index (κ3) is 3.40. The molecule has 0 saturated carbocycles. The molecule has 22 heavy (non-hydrogen) atoms. The molecule has 2 heteroatoms. The van der Waals surface area contributed by atoms with Crippen molar-refractivity contribution in [1.82, 2.24) is 0 Å². The average Bonchev–Trinajstić information content (AvgIpc) is 2.50. The van der Waals surface area contributed by atoms with Crippen molar-refractivity contribution in [3.8, 4) is 0 Å². The molecular formula is C20H26N2. The summed E-state index contributed by atoms with van der Waals surface area (Å²) in [6, 6.07) is 8.67. The number of allylic oxidation sites excluding steroid dienone is 5. The van der Waals surface area contributed by atoms with Gasteiger partial charge in [-0.3, -0.25) is 0 Å². The molecule has 0 heterocycles. The Balaban J connectivity index is 2.55. The molecule has 1 aromatic carbocycles. The van der Waals surface area contributed by atoms with Gasteiger partial charge < -0.3 is 10.6 Å². The van der Waals surface area contributed by atoms with Gasteiger partial charge >= 0.3 is 0 Å². The number of benzene rings is 1. The summed E-state index contributed by atoms with van der Waals surface area (Å²) in [5.74, 6) is 0. The highest BCUT2D eigenvalue weighted by molar-refractivity contribution is 5.79. The van der Waals surface area contributed by atoms with Crippen LogP contribution in [0.25, 0.3) is 5.57 Å². The first-order chi connectivity index (χ1) is 10.3. The van der Waals surface area contributed by atoms with Crippen LogP contribution in [-0.2, 0) is 0 Å². The van der Waals surface area contributed by atoms with Crippen LogP contribution in [-0.4, -0.2) is 20.1 Å². The highest BCUT2D eigenvalue weighted by Crippen LogP contribution is 2.39. The maximum absolute atomic E-state index is 5.91. The number of nitrogens with zero attached hydrogens (tertiary/aromatic N) is 1. The smallest absolute Gasteiger partial charge is 0.0416 e. The van der Waals surface area contributed by atoms with Gasteiger partial charge in [0.2, 0.25) is 0 Å². The first-order valence-corrected chi connectivity index (χ1v) is 7.63. The molecule has 0 fully saturated rings. The molecule has 2 rings (SSSR count). The summed E-state index contributed by atoms with van der Waals surface area (Å²) in [5.41, 5.74) is 10.7. The minimum atomic E-state index is -0.120. The number of anilines is 1. The minimum Gasteiger partial charge on any atom is -0.378 e. The van der Waals surface area contributed by atoms with E-state index in [2.05, 4.69) is 75.8 Å². The second-order valence-electron chi connectivity index (χ2n) is 6.49. The van der Waals surface area contributed by atoms with Crippen molar-refractivity contribution in [3.63, 3.8) is 0 Å². The van der Waals surface area contributed by atoms with Gasteiger partial charge in [0.15, 0.2) is 0 Å². The SMILES string of the molecule is C=CC(C)(C)C(=C1C=CC(N)C=C1)c1ccc(N(C)C)cc1. The summed E-state index contributed by atoms with van der Waals surface area (Å²) in [6.45, 7) is 8.40. The molecule has 0 aromatic heterocycles. The zero-order valence-corrected chi connectivity index (χ0v) is 14.0. The molecule has 1 aromatic rings. The highest BCUT2D eigenvalue weighted by Gasteiger charge is 2.24. The van der Waals surface area contributed by atoms with Gasteiger partial charge in [0.25, 0.3) is 0 Å². The van der Waals surface area contributed by atoms with Gasteiger partial charge in [-0.05, 0) is 28.8 Å². The topological polar surface area (TPSA) is 29.3 Å². The van der Waals surface area contributed by atoms with Gasteiger partial charge in [0.1, 0.15) is 0 Å². The van der Waals surface area contributed by atoms with E-state index in [0.29, 0.717) is 0 Å². The first-order valence-electron chi connectivity index (χ1n) is 7.63. The summed E-state index contributed by atoms with van der Waals surface area (Å²) < 4.78 is 0. The molecule has 0 aliphatic heterocycles. The summed E-state index contributed by atoms with van der Waals surface area (Å²) in [6.07, 6.45) is 10.3. The summed E-state index contributed by atoms with van der Waals surface area (Å²) >= 11 is 0. The second kappa shape index (κ2) is 6.37. The van der Waals surface area contributed by atoms with Crippen molar-refractivity contribution in [2.75, 3.05) is 19.0 Å². The van der Waals surface area contributed by atoms with Crippen LogP contribution in [0.2, 0.25) is 0 Å². The van der Waals surface area contributed by atoms with Crippen molar-refractivity contribution >= 4 is 11.3 Å². The fourth-order valence-corrected chi connectivity index (χ4v) is 2.65. The minimum absolute atomic E-state index is 0.00737. The first kappa shape index (κ1) is 16.3. The van der Waals surface area contributed by atoms with Crippen molar-refractivity contribution < 1.29 is 0 Å². The molecular weight excluding hydrogens is 268 g/mol. The molecule has 1 aliphatic rings. The van der Waals surface area contributed by atoms with Crippen LogP contribution in [0.3, 0.4) is 0 Å². The zero-order valence-electron chi connectivity index (χ0n) is 14.0. The van der Waals surface area contributed by atoms with Crippen LogP contribution >= 0.6 is 0 Å². The Kier molecular flexibility index (Phi) is 4.72. The number of hydrogen-bond donors (Lipinski definition) is 1. The average molecular weight is 294 g/mol. The van der Waals surface area contributed by atoms with Crippen LogP contribution in [0.4, 0.5) is 5.69 Å². The second-order valence-corrected chi connectivity index (χ2v) is 6.49. The molecule has 2 N–H and O–H groups in total. The van der Waals surface area contributed by atoms with E-state index >= 15 is 0 Å². The lowest BCUT2D eigenvalue weighted by Gasteiger charge is -2.28. The fraction of sp³-hybridized carbons (Fsp3) is 0.300. The number of hydrogen-bond acceptors (Lipinski definition) is 2. The number of rotatable bonds is 4. The van der Waals surface area contributed by atoms with E-state index in [1.807, 2.05) is 18.2 Å². The molecule has 116 valence electrons. The van der Waals surface area contributed by atoms with Crippen molar-refractivity contribution in [2.45, 2.75) is 19.9 Å². The molecule has 0 radical (unpaired) electrons. The Morgan fingerprint density at radius 3 is 2.14 bits per heavy atom. The van der Waals surface area contributed by atoms with Gasteiger partial charge in [0, 0.05) is 31.2 Å². The fourth-order valence-electron chi connectivity index (χ4n) is 2.65. The van der Waals surface area contributed by atoms with Gasteiger partial charge in [0.05, 0.1) is 0 Å². The van der Waals surface area contributed by atoms with Gasteiger partial charge in [-0.25, -0.2) is 0 Å². The predicted octanol–water partition coefficient (Wildman–Crippen LogP) is 4.17. The standard InChI is InChI=1S/C20H26N2/c1-6-20(2,3)19(15-7-11-17(21)12-8-15)16-9-13-18(14-10-16)22(4)5/h6-14,17H,1,21H2,2-5H3. The van der Waals surface area contributed by atoms with Crippen LogP contribution in [0.15, 0.2) is 66.8 Å². The summed E-state index contributed by atoms with van der Waals surface area (Å²) in [5, 5.41) is 0. The Bertz CT molecular complexity index is 612. The van der Waals surface area contributed by atoms with Gasteiger partial charge in [-0.15, -0.1) is 6.58 Å². The number of nitrogens with two attached hydrogens (primary N) is 1.